The molecule has 0 spiro atoms. The van der Waals surface area contributed by atoms with Gasteiger partial charge in [0.2, 0.25) is 0 Å². The third kappa shape index (κ3) is 3.87. The first-order chi connectivity index (χ1) is 9.58. The second kappa shape index (κ2) is 6.95. The van der Waals surface area contributed by atoms with Crippen LogP contribution in [-0.4, -0.2) is 29.2 Å². The second-order valence-electron chi connectivity index (χ2n) is 6.32. The van der Waals surface area contributed by atoms with E-state index in [-0.39, 0.29) is 18.1 Å². The van der Waals surface area contributed by atoms with Gasteiger partial charge in [0.15, 0.2) is 0 Å². The maximum Gasteiger partial charge on any atom is 0.315 e. The minimum Gasteiger partial charge on any atom is -0.481 e. The summed E-state index contributed by atoms with van der Waals surface area (Å²) in [7, 11) is 0. The molecule has 2 saturated carbocycles. The molecule has 0 aromatic rings. The van der Waals surface area contributed by atoms with Gasteiger partial charge in [-0.25, -0.2) is 4.79 Å². The smallest absolute Gasteiger partial charge is 0.315 e. The van der Waals surface area contributed by atoms with Crippen molar-refractivity contribution in [2.24, 2.45) is 11.8 Å². The molecule has 0 radical (unpaired) electrons. The van der Waals surface area contributed by atoms with E-state index in [1.807, 2.05) is 0 Å². The predicted octanol–water partition coefficient (Wildman–Crippen LogP) is 2.51. The molecule has 20 heavy (non-hydrogen) atoms. The minimum absolute atomic E-state index is 0.193. The van der Waals surface area contributed by atoms with Crippen LogP contribution in [0.4, 0.5) is 4.79 Å². The Hall–Kier alpha value is -1.26. The Morgan fingerprint density at radius 2 is 1.45 bits per heavy atom. The first-order valence-corrected chi connectivity index (χ1v) is 7.87. The molecular weight excluding hydrogens is 256 g/mol. The van der Waals surface area contributed by atoms with Crippen LogP contribution in [0.1, 0.15) is 58.3 Å². The van der Waals surface area contributed by atoms with Crippen LogP contribution in [0.3, 0.4) is 0 Å². The van der Waals surface area contributed by atoms with Crippen molar-refractivity contribution in [3.63, 3.8) is 0 Å². The zero-order valence-corrected chi connectivity index (χ0v) is 12.2. The molecule has 5 heteroatoms. The fourth-order valence-corrected chi connectivity index (χ4v) is 3.51. The summed E-state index contributed by atoms with van der Waals surface area (Å²) in [5, 5.41) is 15.1. The molecule has 2 aliphatic rings. The van der Waals surface area contributed by atoms with Crippen LogP contribution in [0.5, 0.6) is 0 Å². The average Bonchev–Trinajstić information content (AvgIpc) is 2.41. The van der Waals surface area contributed by atoms with Gasteiger partial charge in [-0.05, 0) is 31.6 Å². The molecule has 5 nitrogen and oxygen atoms in total. The van der Waals surface area contributed by atoms with Crippen LogP contribution >= 0.6 is 0 Å². The van der Waals surface area contributed by atoms with E-state index >= 15 is 0 Å². The van der Waals surface area contributed by atoms with Gasteiger partial charge >= 0.3 is 12.0 Å². The second-order valence-corrected chi connectivity index (χ2v) is 6.32. The van der Waals surface area contributed by atoms with Crippen molar-refractivity contribution < 1.29 is 14.7 Å². The van der Waals surface area contributed by atoms with Crippen LogP contribution in [0.15, 0.2) is 0 Å². The Morgan fingerprint density at radius 3 is 2.10 bits per heavy atom. The molecule has 0 aliphatic heterocycles. The largest absolute Gasteiger partial charge is 0.481 e. The summed E-state index contributed by atoms with van der Waals surface area (Å²) in [5.41, 5.74) is 0. The van der Waals surface area contributed by atoms with Crippen molar-refractivity contribution in [3.8, 4) is 0 Å². The maximum absolute atomic E-state index is 12.1. The molecular formula is C15H26N2O3. The number of carbonyl (C=O) groups is 2. The third-order valence-electron chi connectivity index (χ3n) is 4.83. The highest BCUT2D eigenvalue weighted by Gasteiger charge is 2.32. The molecule has 2 rings (SSSR count). The normalized spacial score (nSPS) is 34.2. The monoisotopic (exact) mass is 282 g/mol. The van der Waals surface area contributed by atoms with Crippen LogP contribution in [0.25, 0.3) is 0 Å². The van der Waals surface area contributed by atoms with Gasteiger partial charge in [-0.3, -0.25) is 4.79 Å². The zero-order valence-electron chi connectivity index (χ0n) is 12.2. The molecule has 2 amide bonds. The van der Waals surface area contributed by atoms with Gasteiger partial charge in [-0.2, -0.15) is 0 Å². The number of carboxylic acid groups (broad SMARTS) is 1. The summed E-state index contributed by atoms with van der Waals surface area (Å²) in [4.78, 5) is 23.3. The van der Waals surface area contributed by atoms with Crippen molar-refractivity contribution in [1.29, 1.82) is 0 Å². The van der Waals surface area contributed by atoms with E-state index in [1.54, 1.807) is 0 Å². The number of carboxylic acids is 1. The summed E-state index contributed by atoms with van der Waals surface area (Å²) in [5.74, 6) is -0.713. The highest BCUT2D eigenvalue weighted by atomic mass is 16.4. The van der Waals surface area contributed by atoms with Crippen LogP contribution in [0.2, 0.25) is 0 Å². The fourth-order valence-electron chi connectivity index (χ4n) is 3.51. The SMILES string of the molecule is CC1CCCCC1NC(=O)NC1CCCCC1C(=O)O. The average molecular weight is 282 g/mol. The Bertz CT molecular complexity index is 359. The van der Waals surface area contributed by atoms with E-state index in [1.165, 1.54) is 6.42 Å². The van der Waals surface area contributed by atoms with Crippen molar-refractivity contribution in [2.75, 3.05) is 0 Å². The predicted molar refractivity (Wildman–Crippen MR) is 76.5 cm³/mol. The number of hydrogen-bond donors (Lipinski definition) is 3. The first-order valence-electron chi connectivity index (χ1n) is 7.87. The van der Waals surface area contributed by atoms with E-state index in [9.17, 15) is 14.7 Å². The first kappa shape index (κ1) is 15.1. The lowest BCUT2D eigenvalue weighted by atomic mass is 9.84. The van der Waals surface area contributed by atoms with Crippen molar-refractivity contribution in [2.45, 2.75) is 70.4 Å². The lowest BCUT2D eigenvalue weighted by Gasteiger charge is -2.32. The maximum atomic E-state index is 12.1. The molecule has 3 N–H and O–H groups in total. The molecule has 0 aromatic heterocycles. The van der Waals surface area contributed by atoms with Gasteiger partial charge in [0.1, 0.15) is 0 Å². The minimum atomic E-state index is -0.791. The van der Waals surface area contributed by atoms with E-state index in [0.717, 1.165) is 38.5 Å². The number of aliphatic carboxylic acids is 1. The molecule has 2 aliphatic carbocycles. The van der Waals surface area contributed by atoms with E-state index in [2.05, 4.69) is 17.6 Å². The van der Waals surface area contributed by atoms with Gasteiger partial charge in [-0.15, -0.1) is 0 Å². The topological polar surface area (TPSA) is 78.4 Å². The fraction of sp³-hybridized carbons (Fsp3) is 0.867. The molecule has 114 valence electrons. The molecule has 4 atom stereocenters. The molecule has 2 fully saturated rings. The lowest BCUT2D eigenvalue weighted by Crippen LogP contribution is -2.52. The lowest BCUT2D eigenvalue weighted by molar-refractivity contribution is -0.143. The number of amides is 2. The number of carbonyl (C=O) groups excluding carboxylic acids is 1. The Labute approximate surface area is 120 Å². The third-order valence-corrected chi connectivity index (χ3v) is 4.83. The standard InChI is InChI=1S/C15H26N2O3/c1-10-6-2-4-8-12(10)16-15(20)17-13-9-5-3-7-11(13)14(18)19/h10-13H,2-9H2,1H3,(H,18,19)(H2,16,17,20). The Balaban J connectivity index is 1.84. The highest BCUT2D eigenvalue weighted by Crippen LogP contribution is 2.25. The quantitative estimate of drug-likeness (QED) is 0.744. The van der Waals surface area contributed by atoms with Crippen molar-refractivity contribution in [1.82, 2.24) is 10.6 Å². The van der Waals surface area contributed by atoms with E-state index < -0.39 is 11.9 Å². The van der Waals surface area contributed by atoms with Crippen LogP contribution < -0.4 is 10.6 Å². The van der Waals surface area contributed by atoms with E-state index in [4.69, 9.17) is 0 Å². The van der Waals surface area contributed by atoms with Crippen LogP contribution in [0, 0.1) is 11.8 Å². The Morgan fingerprint density at radius 1 is 0.900 bits per heavy atom. The van der Waals surface area contributed by atoms with Gasteiger partial charge < -0.3 is 15.7 Å². The summed E-state index contributed by atoms with van der Waals surface area (Å²) < 4.78 is 0. The van der Waals surface area contributed by atoms with Gasteiger partial charge in [0.05, 0.1) is 5.92 Å². The molecule has 4 unspecified atom stereocenters. The summed E-state index contributed by atoms with van der Waals surface area (Å²) in [6.07, 6.45) is 7.96. The summed E-state index contributed by atoms with van der Waals surface area (Å²) in [6, 6.07) is -0.183. The molecule has 0 bridgehead atoms. The van der Waals surface area contributed by atoms with Crippen LogP contribution in [-0.2, 0) is 4.79 Å². The molecule has 0 saturated heterocycles. The van der Waals surface area contributed by atoms with Crippen molar-refractivity contribution >= 4 is 12.0 Å². The summed E-state index contributed by atoms with van der Waals surface area (Å²) in [6.45, 7) is 2.17. The molecule has 0 heterocycles. The van der Waals surface area contributed by atoms with Gasteiger partial charge in [0.25, 0.3) is 0 Å². The van der Waals surface area contributed by atoms with Gasteiger partial charge in [-0.1, -0.05) is 32.6 Å². The number of hydrogen-bond acceptors (Lipinski definition) is 2. The Kier molecular flexibility index (Phi) is 5.26. The number of urea groups is 1. The number of rotatable bonds is 3. The number of nitrogens with one attached hydrogen (secondary N) is 2. The summed E-state index contributed by atoms with van der Waals surface area (Å²) >= 11 is 0. The van der Waals surface area contributed by atoms with Gasteiger partial charge in [0, 0.05) is 12.1 Å². The zero-order chi connectivity index (χ0) is 14.5. The molecule has 0 aromatic carbocycles. The van der Waals surface area contributed by atoms with E-state index in [0.29, 0.717) is 12.3 Å². The highest BCUT2D eigenvalue weighted by molar-refractivity contribution is 5.77. The van der Waals surface area contributed by atoms with Crippen molar-refractivity contribution in [3.05, 3.63) is 0 Å².